The van der Waals surface area contributed by atoms with Gasteiger partial charge in [0.2, 0.25) is 5.88 Å². The average Bonchev–Trinajstić information content (AvgIpc) is 2.79. The number of anilines is 3. The summed E-state index contributed by atoms with van der Waals surface area (Å²) in [5.41, 5.74) is 13.3. The summed E-state index contributed by atoms with van der Waals surface area (Å²) in [6.07, 6.45) is 5.13. The highest BCUT2D eigenvalue weighted by Gasteiger charge is 2.23. The number of pyridine rings is 3. The molecule has 10 heteroatoms. The van der Waals surface area contributed by atoms with E-state index in [0.29, 0.717) is 18.1 Å². The highest BCUT2D eigenvalue weighted by molar-refractivity contribution is 6.07. The van der Waals surface area contributed by atoms with E-state index in [1.54, 1.807) is 30.6 Å². The van der Waals surface area contributed by atoms with Gasteiger partial charge in [0.15, 0.2) is 11.5 Å². The molecule has 1 fully saturated rings. The summed E-state index contributed by atoms with van der Waals surface area (Å²) in [4.78, 5) is 27.7. The first-order valence-corrected chi connectivity index (χ1v) is 10.2. The summed E-state index contributed by atoms with van der Waals surface area (Å²) in [6, 6.07) is 7.80. The summed E-state index contributed by atoms with van der Waals surface area (Å²) in [6.45, 7) is 1.50. The number of hydrogen-bond donors (Lipinski definition) is 3. The van der Waals surface area contributed by atoms with Crippen LogP contribution in [0.1, 0.15) is 23.3 Å². The van der Waals surface area contributed by atoms with Gasteiger partial charge in [-0.15, -0.1) is 0 Å². The lowest BCUT2D eigenvalue weighted by molar-refractivity contribution is 0.102. The van der Waals surface area contributed by atoms with Gasteiger partial charge in [-0.2, -0.15) is 0 Å². The predicted octanol–water partition coefficient (Wildman–Crippen LogP) is 2.45. The molecule has 4 heterocycles. The second kappa shape index (κ2) is 9.15. The van der Waals surface area contributed by atoms with E-state index in [4.69, 9.17) is 16.2 Å². The van der Waals surface area contributed by atoms with Crippen LogP contribution >= 0.6 is 0 Å². The largest absolute Gasteiger partial charge is 0.481 e. The van der Waals surface area contributed by atoms with Crippen molar-refractivity contribution >= 4 is 23.0 Å². The molecule has 1 atom stereocenters. The van der Waals surface area contributed by atoms with E-state index in [0.717, 1.165) is 31.1 Å². The van der Waals surface area contributed by atoms with E-state index in [9.17, 15) is 9.18 Å². The van der Waals surface area contributed by atoms with Crippen LogP contribution in [0.3, 0.4) is 0 Å². The maximum absolute atomic E-state index is 14.6. The molecule has 166 valence electrons. The normalized spacial score (nSPS) is 16.0. The summed E-state index contributed by atoms with van der Waals surface area (Å²) < 4.78 is 19.7. The van der Waals surface area contributed by atoms with Gasteiger partial charge in [0.1, 0.15) is 5.69 Å². The van der Waals surface area contributed by atoms with E-state index in [2.05, 4.69) is 25.2 Å². The lowest BCUT2D eigenvalue weighted by Gasteiger charge is -2.33. The standard InChI is InChI=1S/C22H24FN7O2/c1-32-19-6-2-5-16(27-19)20-14(23)10-15(25)21(29-20)22(31)28-17-11-26-8-7-18(17)30-9-3-4-13(24)12-30/h2,5-8,10-11,13H,3-4,9,12,24-25H2,1H3,(H,28,31). The highest BCUT2D eigenvalue weighted by atomic mass is 19.1. The number of rotatable bonds is 5. The van der Waals surface area contributed by atoms with Gasteiger partial charge < -0.3 is 26.4 Å². The Morgan fingerprint density at radius 2 is 2.16 bits per heavy atom. The van der Waals surface area contributed by atoms with Gasteiger partial charge in [-0.3, -0.25) is 9.78 Å². The molecule has 1 aliphatic rings. The molecule has 4 rings (SSSR count). The lowest BCUT2D eigenvalue weighted by atomic mass is 10.1. The Kier molecular flexibility index (Phi) is 6.13. The summed E-state index contributed by atoms with van der Waals surface area (Å²) in [5, 5.41) is 2.81. The zero-order valence-corrected chi connectivity index (χ0v) is 17.6. The molecular weight excluding hydrogens is 413 g/mol. The number of nitrogens with one attached hydrogen (secondary N) is 1. The van der Waals surface area contributed by atoms with Crippen LogP contribution in [0.15, 0.2) is 42.7 Å². The Hall–Kier alpha value is -3.79. The molecule has 3 aromatic rings. The van der Waals surface area contributed by atoms with Crippen molar-refractivity contribution < 1.29 is 13.9 Å². The van der Waals surface area contributed by atoms with Crippen LogP contribution in [0.5, 0.6) is 5.88 Å². The van der Waals surface area contributed by atoms with Crippen LogP contribution in [-0.2, 0) is 0 Å². The smallest absolute Gasteiger partial charge is 0.276 e. The molecule has 1 unspecified atom stereocenters. The highest BCUT2D eigenvalue weighted by Crippen LogP contribution is 2.29. The molecule has 0 aliphatic carbocycles. The minimum absolute atomic E-state index is 0.0628. The van der Waals surface area contributed by atoms with Gasteiger partial charge in [0, 0.05) is 37.5 Å². The number of carbonyl (C=O) groups is 1. The van der Waals surface area contributed by atoms with Gasteiger partial charge >= 0.3 is 0 Å². The predicted molar refractivity (Wildman–Crippen MR) is 120 cm³/mol. The first-order chi connectivity index (χ1) is 15.5. The summed E-state index contributed by atoms with van der Waals surface area (Å²) in [7, 11) is 1.46. The first kappa shape index (κ1) is 21.4. The van der Waals surface area contributed by atoms with Crippen LogP contribution in [-0.4, -0.2) is 47.1 Å². The lowest BCUT2D eigenvalue weighted by Crippen LogP contribution is -2.43. The van der Waals surface area contributed by atoms with Crippen molar-refractivity contribution in [2.24, 2.45) is 5.73 Å². The number of nitrogens with zero attached hydrogens (tertiary/aromatic N) is 4. The number of nitrogens with two attached hydrogens (primary N) is 2. The number of halogens is 1. The van der Waals surface area contributed by atoms with E-state index >= 15 is 0 Å². The Bertz CT molecular complexity index is 1140. The molecule has 0 spiro atoms. The quantitative estimate of drug-likeness (QED) is 0.554. The maximum Gasteiger partial charge on any atom is 0.276 e. The molecule has 3 aromatic heterocycles. The van der Waals surface area contributed by atoms with Crippen molar-refractivity contribution in [1.82, 2.24) is 15.0 Å². The van der Waals surface area contributed by atoms with Gasteiger partial charge in [-0.05, 0) is 25.0 Å². The minimum Gasteiger partial charge on any atom is -0.481 e. The molecule has 1 aliphatic heterocycles. The zero-order valence-electron chi connectivity index (χ0n) is 17.6. The van der Waals surface area contributed by atoms with E-state index < -0.39 is 11.7 Å². The topological polar surface area (TPSA) is 132 Å². The van der Waals surface area contributed by atoms with Gasteiger partial charge in [-0.25, -0.2) is 14.4 Å². The Morgan fingerprint density at radius 3 is 2.94 bits per heavy atom. The fourth-order valence-electron chi connectivity index (χ4n) is 3.69. The van der Waals surface area contributed by atoms with E-state index in [1.165, 1.54) is 7.11 Å². The number of piperidine rings is 1. The molecule has 0 saturated carbocycles. The third-order valence-electron chi connectivity index (χ3n) is 5.24. The average molecular weight is 437 g/mol. The maximum atomic E-state index is 14.6. The molecular formula is C22H24FN7O2. The van der Waals surface area contributed by atoms with Crippen LogP contribution < -0.4 is 26.4 Å². The first-order valence-electron chi connectivity index (χ1n) is 10.2. The molecule has 5 N–H and O–H groups in total. The van der Waals surface area contributed by atoms with Crippen molar-refractivity contribution in [3.63, 3.8) is 0 Å². The van der Waals surface area contributed by atoms with Crippen molar-refractivity contribution in [2.45, 2.75) is 18.9 Å². The molecule has 0 aromatic carbocycles. The molecule has 32 heavy (non-hydrogen) atoms. The van der Waals surface area contributed by atoms with E-state index in [1.807, 2.05) is 6.07 Å². The van der Waals surface area contributed by atoms with Gasteiger partial charge in [-0.1, -0.05) is 6.07 Å². The third-order valence-corrected chi connectivity index (χ3v) is 5.24. The SMILES string of the molecule is COc1cccc(-c2nc(C(=O)Nc3cnccc3N3CCCC(N)C3)c(N)cc2F)n1. The van der Waals surface area contributed by atoms with Crippen molar-refractivity contribution in [2.75, 3.05) is 36.1 Å². The Morgan fingerprint density at radius 1 is 1.31 bits per heavy atom. The molecule has 1 amide bonds. The fraction of sp³-hybridized carbons (Fsp3) is 0.273. The fourth-order valence-corrected chi connectivity index (χ4v) is 3.69. The van der Waals surface area contributed by atoms with E-state index in [-0.39, 0.29) is 28.8 Å². The Labute approximate surface area is 184 Å². The number of hydrogen-bond acceptors (Lipinski definition) is 8. The van der Waals surface area contributed by atoms with Crippen LogP contribution in [0.25, 0.3) is 11.4 Å². The summed E-state index contributed by atoms with van der Waals surface area (Å²) in [5.74, 6) is -0.974. The second-order valence-electron chi connectivity index (χ2n) is 7.52. The van der Waals surface area contributed by atoms with Crippen LogP contribution in [0.2, 0.25) is 0 Å². The van der Waals surface area contributed by atoms with Crippen LogP contribution in [0.4, 0.5) is 21.5 Å². The molecule has 0 radical (unpaired) electrons. The zero-order chi connectivity index (χ0) is 22.7. The van der Waals surface area contributed by atoms with Crippen molar-refractivity contribution in [3.05, 3.63) is 54.2 Å². The van der Waals surface area contributed by atoms with Crippen LogP contribution in [0, 0.1) is 5.82 Å². The van der Waals surface area contributed by atoms with Crippen molar-refractivity contribution in [1.29, 1.82) is 0 Å². The molecule has 0 bridgehead atoms. The number of nitrogen functional groups attached to an aromatic ring is 1. The second-order valence-corrected chi connectivity index (χ2v) is 7.52. The minimum atomic E-state index is -0.691. The van der Waals surface area contributed by atoms with Crippen molar-refractivity contribution in [3.8, 4) is 17.3 Å². The Balaban J connectivity index is 1.65. The summed E-state index contributed by atoms with van der Waals surface area (Å²) >= 11 is 0. The molecule has 1 saturated heterocycles. The number of methoxy groups -OCH3 is 1. The monoisotopic (exact) mass is 437 g/mol. The molecule has 9 nitrogen and oxygen atoms in total. The third kappa shape index (κ3) is 4.45. The number of aromatic nitrogens is 3. The number of ether oxygens (including phenoxy) is 1. The number of amides is 1. The van der Waals surface area contributed by atoms with Gasteiger partial charge in [0.05, 0.1) is 36.1 Å². The van der Waals surface area contributed by atoms with Gasteiger partial charge in [0.25, 0.3) is 5.91 Å². The number of carbonyl (C=O) groups excluding carboxylic acids is 1.